The zero-order valence-electron chi connectivity index (χ0n) is 10.5. The van der Waals surface area contributed by atoms with Crippen LogP contribution in [0.3, 0.4) is 0 Å². The quantitative estimate of drug-likeness (QED) is 0.618. The summed E-state index contributed by atoms with van der Waals surface area (Å²) in [6.45, 7) is -0.0692. The zero-order chi connectivity index (χ0) is 14.5. The predicted octanol–water partition coefficient (Wildman–Crippen LogP) is 2.31. The first-order chi connectivity index (χ1) is 9.60. The second-order valence-electron chi connectivity index (χ2n) is 4.16. The highest BCUT2D eigenvalue weighted by Crippen LogP contribution is 2.24. The molecule has 0 bridgehead atoms. The molecule has 1 aliphatic rings. The SMILES string of the molecule is O=C(CCCl)OCC1C=C(c2cccc(F)c2)C(=O)O1. The fraction of sp³-hybridized carbons (Fsp3) is 0.286. The van der Waals surface area contributed by atoms with E-state index >= 15 is 0 Å². The molecule has 6 heteroatoms. The summed E-state index contributed by atoms with van der Waals surface area (Å²) in [5.74, 6) is -1.28. The number of alkyl halides is 1. The van der Waals surface area contributed by atoms with Gasteiger partial charge in [-0.2, -0.15) is 0 Å². The molecule has 0 spiro atoms. The average molecular weight is 299 g/mol. The molecule has 1 atom stereocenters. The monoisotopic (exact) mass is 298 g/mol. The Hall–Kier alpha value is -1.88. The Morgan fingerprint density at radius 1 is 1.45 bits per heavy atom. The molecule has 4 nitrogen and oxygen atoms in total. The van der Waals surface area contributed by atoms with E-state index in [0.29, 0.717) is 5.56 Å². The van der Waals surface area contributed by atoms with Crippen LogP contribution in [0.1, 0.15) is 12.0 Å². The van der Waals surface area contributed by atoms with Gasteiger partial charge in [0.15, 0.2) is 6.10 Å². The number of carbonyl (C=O) groups excluding carboxylic acids is 2. The van der Waals surface area contributed by atoms with E-state index in [1.807, 2.05) is 0 Å². The van der Waals surface area contributed by atoms with Crippen LogP contribution in [0.25, 0.3) is 5.57 Å². The molecule has 0 aliphatic carbocycles. The van der Waals surface area contributed by atoms with Gasteiger partial charge >= 0.3 is 11.9 Å². The molecular weight excluding hydrogens is 287 g/mol. The standard InChI is InChI=1S/C14H12ClFO4/c15-5-4-13(17)19-8-11-7-12(14(18)20-11)9-2-1-3-10(16)6-9/h1-3,6-7,11H,4-5,8H2. The smallest absolute Gasteiger partial charge is 0.339 e. The van der Waals surface area contributed by atoms with Crippen molar-refractivity contribution in [2.45, 2.75) is 12.5 Å². The van der Waals surface area contributed by atoms with Gasteiger partial charge in [0.25, 0.3) is 0 Å². The number of carbonyl (C=O) groups is 2. The van der Waals surface area contributed by atoms with Crippen molar-refractivity contribution in [2.75, 3.05) is 12.5 Å². The lowest BCUT2D eigenvalue weighted by Gasteiger charge is -2.08. The highest BCUT2D eigenvalue weighted by Gasteiger charge is 2.27. The van der Waals surface area contributed by atoms with Crippen LogP contribution in [-0.4, -0.2) is 30.5 Å². The second kappa shape index (κ2) is 6.52. The Bertz CT molecular complexity index is 556. The van der Waals surface area contributed by atoms with Gasteiger partial charge in [0.05, 0.1) is 12.0 Å². The van der Waals surface area contributed by atoms with Crippen molar-refractivity contribution in [3.05, 3.63) is 41.7 Å². The highest BCUT2D eigenvalue weighted by molar-refractivity contribution is 6.19. The van der Waals surface area contributed by atoms with Crippen molar-refractivity contribution in [3.8, 4) is 0 Å². The lowest BCUT2D eigenvalue weighted by atomic mass is 10.1. The number of rotatable bonds is 5. The van der Waals surface area contributed by atoms with Crippen LogP contribution in [0, 0.1) is 5.82 Å². The van der Waals surface area contributed by atoms with Crippen LogP contribution in [0.5, 0.6) is 0 Å². The van der Waals surface area contributed by atoms with E-state index < -0.39 is 23.9 Å². The van der Waals surface area contributed by atoms with Crippen molar-refractivity contribution >= 4 is 29.1 Å². The molecular formula is C14H12ClFO4. The van der Waals surface area contributed by atoms with Crippen LogP contribution in [0.4, 0.5) is 4.39 Å². The van der Waals surface area contributed by atoms with E-state index in [4.69, 9.17) is 21.1 Å². The van der Waals surface area contributed by atoms with E-state index in [1.54, 1.807) is 6.07 Å². The zero-order valence-corrected chi connectivity index (χ0v) is 11.2. The molecule has 0 amide bonds. The van der Waals surface area contributed by atoms with Crippen molar-refractivity contribution in [1.29, 1.82) is 0 Å². The average Bonchev–Trinajstić information content (AvgIpc) is 2.78. The van der Waals surface area contributed by atoms with Crippen molar-refractivity contribution < 1.29 is 23.5 Å². The van der Waals surface area contributed by atoms with Gasteiger partial charge in [-0.1, -0.05) is 12.1 Å². The van der Waals surface area contributed by atoms with E-state index in [-0.39, 0.29) is 24.5 Å². The van der Waals surface area contributed by atoms with Crippen molar-refractivity contribution in [3.63, 3.8) is 0 Å². The Kier molecular flexibility index (Phi) is 4.74. The molecule has 1 aromatic carbocycles. The number of esters is 2. The largest absolute Gasteiger partial charge is 0.461 e. The molecule has 0 N–H and O–H groups in total. The molecule has 0 saturated heterocycles. The molecule has 1 unspecified atom stereocenters. The maximum atomic E-state index is 13.1. The Morgan fingerprint density at radius 2 is 2.25 bits per heavy atom. The predicted molar refractivity (Wildman–Crippen MR) is 70.6 cm³/mol. The van der Waals surface area contributed by atoms with Crippen LogP contribution in [-0.2, 0) is 19.1 Å². The third-order valence-corrected chi connectivity index (χ3v) is 2.86. The van der Waals surface area contributed by atoms with Crippen molar-refractivity contribution in [2.24, 2.45) is 0 Å². The Balaban J connectivity index is 2.02. The van der Waals surface area contributed by atoms with Gasteiger partial charge in [-0.25, -0.2) is 9.18 Å². The molecule has 1 aromatic rings. The summed E-state index contributed by atoms with van der Waals surface area (Å²) >= 11 is 5.40. The number of hydrogen-bond acceptors (Lipinski definition) is 4. The molecule has 1 heterocycles. The van der Waals surface area contributed by atoms with Gasteiger partial charge in [0, 0.05) is 5.88 Å². The van der Waals surface area contributed by atoms with Gasteiger partial charge in [0.1, 0.15) is 12.4 Å². The van der Waals surface area contributed by atoms with Crippen LogP contribution >= 0.6 is 11.6 Å². The minimum absolute atomic E-state index is 0.0692. The molecule has 20 heavy (non-hydrogen) atoms. The first kappa shape index (κ1) is 14.5. The van der Waals surface area contributed by atoms with Crippen LogP contribution in [0.2, 0.25) is 0 Å². The topological polar surface area (TPSA) is 52.6 Å². The van der Waals surface area contributed by atoms with Crippen LogP contribution in [0.15, 0.2) is 30.3 Å². The van der Waals surface area contributed by atoms with E-state index in [9.17, 15) is 14.0 Å². The minimum Gasteiger partial charge on any atom is -0.461 e. The lowest BCUT2D eigenvalue weighted by molar-refractivity contribution is -0.151. The second-order valence-corrected chi connectivity index (χ2v) is 4.53. The summed E-state index contributed by atoms with van der Waals surface area (Å²) in [5.41, 5.74) is 0.701. The summed E-state index contributed by atoms with van der Waals surface area (Å²) in [7, 11) is 0. The third-order valence-electron chi connectivity index (χ3n) is 2.67. The fourth-order valence-corrected chi connectivity index (χ4v) is 1.92. The maximum absolute atomic E-state index is 13.1. The number of hydrogen-bond donors (Lipinski definition) is 0. The summed E-state index contributed by atoms with van der Waals surface area (Å²) in [5, 5.41) is 0. The number of halogens is 2. The maximum Gasteiger partial charge on any atom is 0.339 e. The summed E-state index contributed by atoms with van der Waals surface area (Å²) < 4.78 is 23.1. The van der Waals surface area contributed by atoms with E-state index in [2.05, 4.69) is 0 Å². The minimum atomic E-state index is -0.653. The molecule has 0 saturated carbocycles. The molecule has 0 radical (unpaired) electrons. The fourth-order valence-electron chi connectivity index (χ4n) is 1.77. The highest BCUT2D eigenvalue weighted by atomic mass is 35.5. The van der Waals surface area contributed by atoms with Gasteiger partial charge in [-0.15, -0.1) is 11.6 Å². The molecule has 2 rings (SSSR count). The van der Waals surface area contributed by atoms with Gasteiger partial charge in [-0.3, -0.25) is 4.79 Å². The van der Waals surface area contributed by atoms with Crippen molar-refractivity contribution in [1.82, 2.24) is 0 Å². The molecule has 0 fully saturated rings. The molecule has 106 valence electrons. The summed E-state index contributed by atoms with van der Waals surface area (Å²) in [4.78, 5) is 22.9. The summed E-state index contributed by atoms with van der Waals surface area (Å²) in [6.07, 6.45) is 0.966. The van der Waals surface area contributed by atoms with Gasteiger partial charge in [0.2, 0.25) is 0 Å². The van der Waals surface area contributed by atoms with Gasteiger partial charge < -0.3 is 9.47 Å². The number of benzene rings is 1. The van der Waals surface area contributed by atoms with E-state index in [0.717, 1.165) is 0 Å². The lowest BCUT2D eigenvalue weighted by Crippen LogP contribution is -2.18. The Labute approximate surface area is 120 Å². The number of ether oxygens (including phenoxy) is 2. The normalized spacial score (nSPS) is 17.6. The first-order valence-electron chi connectivity index (χ1n) is 6.00. The number of cyclic esters (lactones) is 1. The molecule has 1 aliphatic heterocycles. The van der Waals surface area contributed by atoms with Crippen LogP contribution < -0.4 is 0 Å². The van der Waals surface area contributed by atoms with Gasteiger partial charge in [-0.05, 0) is 23.8 Å². The van der Waals surface area contributed by atoms with E-state index in [1.165, 1.54) is 24.3 Å². The first-order valence-corrected chi connectivity index (χ1v) is 6.54. The Morgan fingerprint density at radius 3 is 2.95 bits per heavy atom. The third kappa shape index (κ3) is 3.57. The summed E-state index contributed by atoms with van der Waals surface area (Å²) in [6, 6.07) is 5.65. The molecule has 0 aromatic heterocycles.